The van der Waals surface area contributed by atoms with E-state index in [9.17, 15) is 4.79 Å². The molecule has 0 fully saturated rings. The Labute approximate surface area is 171 Å². The fourth-order valence-corrected chi connectivity index (χ4v) is 3.67. The van der Waals surface area contributed by atoms with Crippen LogP contribution >= 0.6 is 34.5 Å². The molecule has 2 N–H and O–H groups in total. The largest absolute Gasteiger partial charge is 0.495 e. The first-order chi connectivity index (χ1) is 13.0. The standard InChI is InChI=1S/C19H17Cl2N3O2S/c1-26-17-5-3-2-4-16(17)22-11-18(25)24-19-23-10-14(27-19)9-12-8-13(20)6-7-15(12)21/h2-8,10,22H,9,11H2,1H3,(H,23,24,25). The van der Waals surface area contributed by atoms with Gasteiger partial charge < -0.3 is 15.4 Å². The third kappa shape index (κ3) is 5.35. The van der Waals surface area contributed by atoms with Crippen molar-refractivity contribution in [3.05, 3.63) is 69.1 Å². The van der Waals surface area contributed by atoms with Gasteiger partial charge in [0.25, 0.3) is 0 Å². The van der Waals surface area contributed by atoms with Crippen LogP contribution in [0.15, 0.2) is 48.7 Å². The van der Waals surface area contributed by atoms with Crippen molar-refractivity contribution in [1.82, 2.24) is 4.98 Å². The molecule has 0 saturated carbocycles. The molecule has 8 heteroatoms. The smallest absolute Gasteiger partial charge is 0.245 e. The van der Waals surface area contributed by atoms with E-state index >= 15 is 0 Å². The number of hydrogen-bond acceptors (Lipinski definition) is 5. The number of halogens is 2. The molecule has 0 bridgehead atoms. The number of methoxy groups -OCH3 is 1. The van der Waals surface area contributed by atoms with Gasteiger partial charge in [-0.15, -0.1) is 11.3 Å². The molecule has 3 aromatic rings. The summed E-state index contributed by atoms with van der Waals surface area (Å²) in [6.45, 7) is 0.107. The molecule has 1 heterocycles. The topological polar surface area (TPSA) is 63.2 Å². The zero-order valence-electron chi connectivity index (χ0n) is 14.5. The first-order valence-corrected chi connectivity index (χ1v) is 9.68. The normalized spacial score (nSPS) is 10.5. The number of carbonyl (C=O) groups is 1. The summed E-state index contributed by atoms with van der Waals surface area (Å²) in [6, 6.07) is 12.8. The minimum atomic E-state index is -0.192. The highest BCUT2D eigenvalue weighted by Gasteiger charge is 2.10. The van der Waals surface area contributed by atoms with Gasteiger partial charge in [-0.2, -0.15) is 0 Å². The average molecular weight is 422 g/mol. The quantitative estimate of drug-likeness (QED) is 0.556. The van der Waals surface area contributed by atoms with E-state index in [1.807, 2.05) is 30.3 Å². The maximum atomic E-state index is 12.2. The Kier molecular flexibility index (Phi) is 6.55. The van der Waals surface area contributed by atoms with Crippen LogP contribution in [0, 0.1) is 0 Å². The molecule has 2 aromatic carbocycles. The minimum Gasteiger partial charge on any atom is -0.495 e. The number of aromatic nitrogens is 1. The first kappa shape index (κ1) is 19.5. The van der Waals surface area contributed by atoms with Gasteiger partial charge in [0.1, 0.15) is 5.75 Å². The molecule has 1 amide bonds. The Bertz CT molecular complexity index is 946. The SMILES string of the molecule is COc1ccccc1NCC(=O)Nc1ncc(Cc2cc(Cl)ccc2Cl)s1. The second-order valence-electron chi connectivity index (χ2n) is 5.65. The Morgan fingerprint density at radius 2 is 2.04 bits per heavy atom. The molecule has 0 aliphatic heterocycles. The second-order valence-corrected chi connectivity index (χ2v) is 7.61. The van der Waals surface area contributed by atoms with Crippen LogP contribution in [0.25, 0.3) is 0 Å². The molecule has 0 saturated heterocycles. The highest BCUT2D eigenvalue weighted by molar-refractivity contribution is 7.15. The van der Waals surface area contributed by atoms with Gasteiger partial charge in [0.15, 0.2) is 5.13 Å². The molecule has 5 nitrogen and oxygen atoms in total. The third-order valence-electron chi connectivity index (χ3n) is 3.72. The Morgan fingerprint density at radius 3 is 2.85 bits per heavy atom. The van der Waals surface area contributed by atoms with Crippen molar-refractivity contribution in [3.8, 4) is 5.75 Å². The van der Waals surface area contributed by atoms with E-state index in [-0.39, 0.29) is 12.5 Å². The van der Waals surface area contributed by atoms with Gasteiger partial charge in [0.05, 0.1) is 19.3 Å². The lowest BCUT2D eigenvalue weighted by Gasteiger charge is -2.10. The Hall–Kier alpha value is -2.28. The summed E-state index contributed by atoms with van der Waals surface area (Å²) in [7, 11) is 1.59. The molecule has 0 aliphatic carbocycles. The number of ether oxygens (including phenoxy) is 1. The van der Waals surface area contributed by atoms with Crippen molar-refractivity contribution in [2.24, 2.45) is 0 Å². The fraction of sp³-hybridized carbons (Fsp3) is 0.158. The summed E-state index contributed by atoms with van der Waals surface area (Å²) in [4.78, 5) is 17.4. The fourth-order valence-electron chi connectivity index (χ4n) is 2.44. The summed E-state index contributed by atoms with van der Waals surface area (Å²) in [5, 5.41) is 7.66. The van der Waals surface area contributed by atoms with E-state index in [0.29, 0.717) is 27.3 Å². The minimum absolute atomic E-state index is 0.107. The zero-order valence-corrected chi connectivity index (χ0v) is 16.8. The highest BCUT2D eigenvalue weighted by atomic mass is 35.5. The number of anilines is 2. The molecule has 0 unspecified atom stereocenters. The predicted octanol–water partition coefficient (Wildman–Crippen LogP) is 5.10. The highest BCUT2D eigenvalue weighted by Crippen LogP contribution is 2.27. The third-order valence-corrected chi connectivity index (χ3v) is 5.24. The number of nitrogens with one attached hydrogen (secondary N) is 2. The lowest BCUT2D eigenvalue weighted by Crippen LogP contribution is -2.21. The summed E-state index contributed by atoms with van der Waals surface area (Å²) in [6.07, 6.45) is 2.33. The van der Waals surface area contributed by atoms with Crippen LogP contribution < -0.4 is 15.4 Å². The van der Waals surface area contributed by atoms with Crippen LogP contribution in [0.3, 0.4) is 0 Å². The number of hydrogen-bond donors (Lipinski definition) is 2. The van der Waals surface area contributed by atoms with E-state index < -0.39 is 0 Å². The lowest BCUT2D eigenvalue weighted by atomic mass is 10.1. The van der Waals surface area contributed by atoms with Crippen molar-refractivity contribution in [2.45, 2.75) is 6.42 Å². The van der Waals surface area contributed by atoms with Crippen molar-refractivity contribution in [3.63, 3.8) is 0 Å². The number of carbonyl (C=O) groups excluding carboxylic acids is 1. The van der Waals surface area contributed by atoms with E-state index in [4.69, 9.17) is 27.9 Å². The van der Waals surface area contributed by atoms with Crippen LogP contribution in [-0.4, -0.2) is 24.5 Å². The monoisotopic (exact) mass is 421 g/mol. The number of thiazole rings is 1. The number of nitrogens with zero attached hydrogens (tertiary/aromatic N) is 1. The first-order valence-electron chi connectivity index (χ1n) is 8.10. The molecule has 3 rings (SSSR count). The van der Waals surface area contributed by atoms with Crippen LogP contribution in [0.4, 0.5) is 10.8 Å². The molecular formula is C19H17Cl2N3O2S. The van der Waals surface area contributed by atoms with Crippen LogP contribution in [0.1, 0.15) is 10.4 Å². The van der Waals surface area contributed by atoms with Gasteiger partial charge in [-0.05, 0) is 35.9 Å². The predicted molar refractivity (Wildman–Crippen MR) is 111 cm³/mol. The summed E-state index contributed by atoms with van der Waals surface area (Å²) >= 11 is 13.6. The number of benzene rings is 2. The molecule has 0 radical (unpaired) electrons. The van der Waals surface area contributed by atoms with Gasteiger partial charge >= 0.3 is 0 Å². The summed E-state index contributed by atoms with van der Waals surface area (Å²) in [5.41, 5.74) is 1.68. The van der Waals surface area contributed by atoms with Gasteiger partial charge in [0.2, 0.25) is 5.91 Å². The lowest BCUT2D eigenvalue weighted by molar-refractivity contribution is -0.114. The Morgan fingerprint density at radius 1 is 1.22 bits per heavy atom. The molecule has 1 aromatic heterocycles. The maximum absolute atomic E-state index is 12.2. The van der Waals surface area contributed by atoms with Crippen LogP contribution in [-0.2, 0) is 11.2 Å². The van der Waals surface area contributed by atoms with Gasteiger partial charge in [0, 0.05) is 27.5 Å². The molecule has 27 heavy (non-hydrogen) atoms. The van der Waals surface area contributed by atoms with Crippen molar-refractivity contribution >= 4 is 51.3 Å². The number of para-hydroxylation sites is 2. The van der Waals surface area contributed by atoms with Gasteiger partial charge in [-0.3, -0.25) is 4.79 Å². The molecule has 0 atom stereocenters. The zero-order chi connectivity index (χ0) is 19.2. The number of amides is 1. The van der Waals surface area contributed by atoms with E-state index in [1.165, 1.54) is 11.3 Å². The maximum Gasteiger partial charge on any atom is 0.245 e. The summed E-state index contributed by atoms with van der Waals surface area (Å²) < 4.78 is 5.25. The van der Waals surface area contributed by atoms with E-state index in [0.717, 1.165) is 16.1 Å². The second kappa shape index (κ2) is 9.08. The van der Waals surface area contributed by atoms with Crippen LogP contribution in [0.5, 0.6) is 5.75 Å². The van der Waals surface area contributed by atoms with Crippen molar-refractivity contribution in [2.75, 3.05) is 24.3 Å². The molecule has 0 aliphatic rings. The molecular weight excluding hydrogens is 405 g/mol. The molecule has 140 valence electrons. The number of rotatable bonds is 7. The van der Waals surface area contributed by atoms with Gasteiger partial charge in [-0.25, -0.2) is 4.98 Å². The van der Waals surface area contributed by atoms with Crippen molar-refractivity contribution in [1.29, 1.82) is 0 Å². The van der Waals surface area contributed by atoms with E-state index in [1.54, 1.807) is 25.4 Å². The van der Waals surface area contributed by atoms with Crippen LogP contribution in [0.2, 0.25) is 10.0 Å². The van der Waals surface area contributed by atoms with Crippen molar-refractivity contribution < 1.29 is 9.53 Å². The molecule has 0 spiro atoms. The van der Waals surface area contributed by atoms with Gasteiger partial charge in [-0.1, -0.05) is 35.3 Å². The van der Waals surface area contributed by atoms with E-state index in [2.05, 4.69) is 15.6 Å². The average Bonchev–Trinajstić information content (AvgIpc) is 3.10. The summed E-state index contributed by atoms with van der Waals surface area (Å²) in [5.74, 6) is 0.489. The Balaban J connectivity index is 1.57.